The molecule has 6 heteroatoms. The van der Waals surface area contributed by atoms with Crippen molar-refractivity contribution in [2.75, 3.05) is 19.9 Å². The molecule has 22 heavy (non-hydrogen) atoms. The Bertz CT molecular complexity index is 588. The maximum absolute atomic E-state index is 12.3. The molecule has 2 amide bonds. The van der Waals surface area contributed by atoms with E-state index >= 15 is 0 Å². The van der Waals surface area contributed by atoms with Crippen molar-refractivity contribution < 1.29 is 19.1 Å². The zero-order chi connectivity index (χ0) is 15.5. The predicted octanol–water partition coefficient (Wildman–Crippen LogP) is 1.29. The molecule has 0 radical (unpaired) electrons. The van der Waals surface area contributed by atoms with Crippen molar-refractivity contribution in [3.63, 3.8) is 0 Å². The van der Waals surface area contributed by atoms with Crippen LogP contribution >= 0.6 is 0 Å². The van der Waals surface area contributed by atoms with Gasteiger partial charge in [-0.05, 0) is 30.5 Å². The second kappa shape index (κ2) is 6.25. The number of amides is 2. The summed E-state index contributed by atoms with van der Waals surface area (Å²) in [4.78, 5) is 25.4. The van der Waals surface area contributed by atoms with Gasteiger partial charge < -0.3 is 19.7 Å². The van der Waals surface area contributed by atoms with E-state index in [2.05, 4.69) is 5.32 Å². The van der Waals surface area contributed by atoms with Gasteiger partial charge in [0.05, 0.1) is 5.92 Å². The van der Waals surface area contributed by atoms with E-state index in [0.29, 0.717) is 18.8 Å². The third kappa shape index (κ3) is 3.16. The van der Waals surface area contributed by atoms with Crippen LogP contribution in [0.5, 0.6) is 11.5 Å². The van der Waals surface area contributed by atoms with Crippen LogP contribution in [0.15, 0.2) is 18.2 Å². The number of nitrogens with one attached hydrogen (secondary N) is 1. The summed E-state index contributed by atoms with van der Waals surface area (Å²) >= 11 is 0. The first-order valence-electron chi connectivity index (χ1n) is 7.55. The van der Waals surface area contributed by atoms with Gasteiger partial charge in [-0.3, -0.25) is 9.59 Å². The lowest BCUT2D eigenvalue weighted by Crippen LogP contribution is -2.44. The number of carbonyl (C=O) groups is 2. The lowest BCUT2D eigenvalue weighted by Gasteiger charge is -2.31. The van der Waals surface area contributed by atoms with E-state index in [1.807, 2.05) is 18.2 Å². The van der Waals surface area contributed by atoms with Crippen LogP contribution in [0.1, 0.15) is 25.3 Å². The smallest absolute Gasteiger partial charge is 0.231 e. The number of rotatable bonds is 3. The Balaban J connectivity index is 1.54. The van der Waals surface area contributed by atoms with Crippen LogP contribution in [0, 0.1) is 5.92 Å². The molecule has 2 aliphatic heterocycles. The Morgan fingerprint density at radius 2 is 2.14 bits per heavy atom. The summed E-state index contributed by atoms with van der Waals surface area (Å²) in [6, 6.07) is 5.64. The number of fused-ring (bicyclic) bond motifs is 1. The molecule has 0 unspecified atom stereocenters. The number of nitrogens with zero attached hydrogens (tertiary/aromatic N) is 1. The van der Waals surface area contributed by atoms with Crippen LogP contribution < -0.4 is 14.8 Å². The largest absolute Gasteiger partial charge is 0.454 e. The zero-order valence-corrected chi connectivity index (χ0v) is 12.6. The summed E-state index contributed by atoms with van der Waals surface area (Å²) < 4.78 is 10.6. The molecule has 1 atom stereocenters. The number of hydrogen-bond donors (Lipinski definition) is 1. The number of piperidine rings is 1. The van der Waals surface area contributed by atoms with Gasteiger partial charge in [-0.2, -0.15) is 0 Å². The van der Waals surface area contributed by atoms with Crippen molar-refractivity contribution in [2.45, 2.75) is 26.3 Å². The van der Waals surface area contributed by atoms with Gasteiger partial charge in [0.1, 0.15) is 0 Å². The molecule has 118 valence electrons. The molecule has 2 heterocycles. The molecule has 1 fully saturated rings. The Morgan fingerprint density at radius 1 is 1.32 bits per heavy atom. The van der Waals surface area contributed by atoms with Crippen molar-refractivity contribution in [1.82, 2.24) is 10.2 Å². The molecule has 1 aromatic rings. The Hall–Kier alpha value is -2.24. The first kappa shape index (κ1) is 14.7. The van der Waals surface area contributed by atoms with E-state index in [1.54, 1.807) is 11.8 Å². The summed E-state index contributed by atoms with van der Waals surface area (Å²) in [6.45, 7) is 3.51. The van der Waals surface area contributed by atoms with Gasteiger partial charge in [0.2, 0.25) is 18.6 Å². The average Bonchev–Trinajstić information content (AvgIpc) is 3.00. The number of hydrogen-bond acceptors (Lipinski definition) is 4. The van der Waals surface area contributed by atoms with Gasteiger partial charge in [-0.1, -0.05) is 6.07 Å². The molecule has 0 bridgehead atoms. The highest BCUT2D eigenvalue weighted by molar-refractivity contribution is 5.80. The fraction of sp³-hybridized carbons (Fsp3) is 0.500. The van der Waals surface area contributed by atoms with Crippen molar-refractivity contribution in [1.29, 1.82) is 0 Å². The summed E-state index contributed by atoms with van der Waals surface area (Å²) in [7, 11) is 0. The predicted molar refractivity (Wildman–Crippen MR) is 79.4 cm³/mol. The van der Waals surface area contributed by atoms with Gasteiger partial charge in [-0.25, -0.2) is 0 Å². The molecule has 1 saturated heterocycles. The van der Waals surface area contributed by atoms with Gasteiger partial charge in [-0.15, -0.1) is 0 Å². The molecule has 0 spiro atoms. The minimum atomic E-state index is -0.119. The summed E-state index contributed by atoms with van der Waals surface area (Å²) in [5, 5.41) is 2.95. The summed E-state index contributed by atoms with van der Waals surface area (Å²) in [6.07, 6.45) is 1.71. The number of ether oxygens (including phenoxy) is 2. The maximum atomic E-state index is 12.3. The normalized spacial score (nSPS) is 19.9. The van der Waals surface area contributed by atoms with E-state index in [9.17, 15) is 9.59 Å². The fourth-order valence-electron chi connectivity index (χ4n) is 2.86. The SMILES string of the molecule is CC(=O)N1CCC[C@@H](C(=O)NCc2ccc3c(c2)OCO3)C1. The Kier molecular flexibility index (Phi) is 4.18. The first-order chi connectivity index (χ1) is 10.6. The molecule has 1 N–H and O–H groups in total. The summed E-state index contributed by atoms with van der Waals surface area (Å²) in [5.41, 5.74) is 0.969. The van der Waals surface area contributed by atoms with E-state index in [-0.39, 0.29) is 24.5 Å². The van der Waals surface area contributed by atoms with Crippen molar-refractivity contribution >= 4 is 11.8 Å². The molecule has 0 aliphatic carbocycles. The lowest BCUT2D eigenvalue weighted by molar-refractivity contribution is -0.134. The van der Waals surface area contributed by atoms with Gasteiger partial charge >= 0.3 is 0 Å². The molecule has 0 aromatic heterocycles. The van der Waals surface area contributed by atoms with Crippen molar-refractivity contribution in [3.05, 3.63) is 23.8 Å². The average molecular weight is 304 g/mol. The van der Waals surface area contributed by atoms with Crippen LogP contribution in [0.4, 0.5) is 0 Å². The third-order valence-electron chi connectivity index (χ3n) is 4.14. The minimum Gasteiger partial charge on any atom is -0.454 e. The number of carbonyl (C=O) groups excluding carboxylic acids is 2. The Morgan fingerprint density at radius 3 is 2.95 bits per heavy atom. The van der Waals surface area contributed by atoms with E-state index in [1.165, 1.54) is 0 Å². The first-order valence-corrected chi connectivity index (χ1v) is 7.55. The Labute approximate surface area is 129 Å². The molecule has 3 rings (SSSR count). The quantitative estimate of drug-likeness (QED) is 0.913. The number of likely N-dealkylation sites (tertiary alicyclic amines) is 1. The van der Waals surface area contributed by atoms with Crippen molar-refractivity contribution in [3.8, 4) is 11.5 Å². The topological polar surface area (TPSA) is 67.9 Å². The zero-order valence-electron chi connectivity index (χ0n) is 12.6. The van der Waals surface area contributed by atoms with Crippen LogP contribution in [0.25, 0.3) is 0 Å². The van der Waals surface area contributed by atoms with Gasteiger partial charge in [0.15, 0.2) is 11.5 Å². The van der Waals surface area contributed by atoms with Crippen LogP contribution in [-0.2, 0) is 16.1 Å². The molecule has 6 nitrogen and oxygen atoms in total. The highest BCUT2D eigenvalue weighted by Crippen LogP contribution is 2.32. The van der Waals surface area contributed by atoms with Crippen LogP contribution in [0.3, 0.4) is 0 Å². The maximum Gasteiger partial charge on any atom is 0.231 e. The molecule has 1 aromatic carbocycles. The van der Waals surface area contributed by atoms with Gasteiger partial charge in [0, 0.05) is 26.6 Å². The third-order valence-corrected chi connectivity index (χ3v) is 4.14. The van der Waals surface area contributed by atoms with Crippen molar-refractivity contribution in [2.24, 2.45) is 5.92 Å². The summed E-state index contributed by atoms with van der Waals surface area (Å²) in [5.74, 6) is 1.37. The van der Waals surface area contributed by atoms with E-state index < -0.39 is 0 Å². The van der Waals surface area contributed by atoms with Gasteiger partial charge in [0.25, 0.3) is 0 Å². The fourth-order valence-corrected chi connectivity index (χ4v) is 2.86. The van der Waals surface area contributed by atoms with Crippen LogP contribution in [0.2, 0.25) is 0 Å². The highest BCUT2D eigenvalue weighted by Gasteiger charge is 2.26. The molecule has 2 aliphatic rings. The molecular formula is C16H20N2O4. The van der Waals surface area contributed by atoms with E-state index in [0.717, 1.165) is 30.7 Å². The second-order valence-corrected chi connectivity index (χ2v) is 5.71. The standard InChI is InChI=1S/C16H20N2O4/c1-11(19)18-6-2-3-13(9-18)16(20)17-8-12-4-5-14-15(7-12)22-10-21-14/h4-5,7,13H,2-3,6,8-10H2,1H3,(H,17,20)/t13-/m1/s1. The minimum absolute atomic E-state index is 0.00335. The molecular weight excluding hydrogens is 284 g/mol. The second-order valence-electron chi connectivity index (χ2n) is 5.71. The van der Waals surface area contributed by atoms with Crippen LogP contribution in [-0.4, -0.2) is 36.6 Å². The monoisotopic (exact) mass is 304 g/mol. The molecule has 0 saturated carbocycles. The van der Waals surface area contributed by atoms with E-state index in [4.69, 9.17) is 9.47 Å². The number of benzene rings is 1. The lowest BCUT2D eigenvalue weighted by atomic mass is 9.97. The highest BCUT2D eigenvalue weighted by atomic mass is 16.7.